The molecule has 1 nitrogen and oxygen atoms in total. The molecule has 0 saturated heterocycles. The molecule has 0 fully saturated rings. The van der Waals surface area contributed by atoms with Crippen LogP contribution in [0.3, 0.4) is 0 Å². The van der Waals surface area contributed by atoms with Crippen molar-refractivity contribution in [2.75, 3.05) is 14.1 Å². The fourth-order valence-electron chi connectivity index (χ4n) is 0.988. The molecule has 0 radical (unpaired) electrons. The van der Waals surface area contributed by atoms with E-state index in [4.69, 9.17) is 0 Å². The molecule has 0 aliphatic rings. The van der Waals surface area contributed by atoms with Gasteiger partial charge in [0.1, 0.15) is 0 Å². The Hall–Kier alpha value is -0.0400. The Kier molecular flexibility index (Phi) is 5.57. The average Bonchev–Trinajstić information content (AvgIpc) is 1.99. The van der Waals surface area contributed by atoms with Crippen LogP contribution < -0.4 is 0 Å². The van der Waals surface area contributed by atoms with Gasteiger partial charge in [-0.05, 0) is 39.8 Å². The normalized spacial score (nSPS) is 16.9. The first-order valence-corrected chi connectivity index (χ1v) is 4.74. The Labute approximate surface area is 71.8 Å². The largest absolute Gasteiger partial charge is 0.307 e. The van der Waals surface area contributed by atoms with E-state index in [9.17, 15) is 0 Å². The molecule has 2 atom stereocenters. The zero-order chi connectivity index (χ0) is 8.85. The van der Waals surface area contributed by atoms with Crippen molar-refractivity contribution in [2.45, 2.75) is 46.1 Å². The van der Waals surface area contributed by atoms with Crippen LogP contribution in [0.15, 0.2) is 0 Å². The molecule has 0 N–H and O–H groups in total. The lowest BCUT2D eigenvalue weighted by atomic mass is 10.00. The smallest absolute Gasteiger partial charge is 0.00609 e. The summed E-state index contributed by atoms with van der Waals surface area (Å²) in [5.74, 6) is 0.900. The lowest BCUT2D eigenvalue weighted by Crippen LogP contribution is -2.24. The standard InChI is InChI=1S/C10H23N/c1-6-9(2)7-8-10(3)11(4)5/h9-10H,6-8H2,1-5H3/t9?,10-/m0/s1. The van der Waals surface area contributed by atoms with E-state index in [0.29, 0.717) is 0 Å². The van der Waals surface area contributed by atoms with Crippen LogP contribution in [-0.4, -0.2) is 25.0 Å². The summed E-state index contributed by atoms with van der Waals surface area (Å²) in [4.78, 5) is 2.29. The van der Waals surface area contributed by atoms with Gasteiger partial charge in [0.05, 0.1) is 0 Å². The van der Waals surface area contributed by atoms with Crippen LogP contribution in [0.2, 0.25) is 0 Å². The van der Waals surface area contributed by atoms with Gasteiger partial charge in [0.15, 0.2) is 0 Å². The lowest BCUT2D eigenvalue weighted by Gasteiger charge is -2.20. The SMILES string of the molecule is CCC(C)CC[C@H](C)N(C)C. The maximum Gasteiger partial charge on any atom is 0.00609 e. The minimum Gasteiger partial charge on any atom is -0.307 e. The zero-order valence-corrected chi connectivity index (χ0v) is 8.72. The summed E-state index contributed by atoms with van der Waals surface area (Å²) < 4.78 is 0. The average molecular weight is 157 g/mol. The maximum absolute atomic E-state index is 2.34. The van der Waals surface area contributed by atoms with Gasteiger partial charge in [0.2, 0.25) is 0 Å². The first-order valence-electron chi connectivity index (χ1n) is 4.74. The maximum atomic E-state index is 2.34. The molecule has 0 aromatic carbocycles. The second-order valence-corrected chi connectivity index (χ2v) is 3.90. The summed E-state index contributed by atoms with van der Waals surface area (Å²) >= 11 is 0. The number of hydrogen-bond donors (Lipinski definition) is 0. The van der Waals surface area contributed by atoms with Crippen LogP contribution >= 0.6 is 0 Å². The highest BCUT2D eigenvalue weighted by molar-refractivity contribution is 4.61. The first-order chi connectivity index (χ1) is 5.07. The Morgan fingerprint density at radius 2 is 1.64 bits per heavy atom. The van der Waals surface area contributed by atoms with Gasteiger partial charge in [-0.2, -0.15) is 0 Å². The van der Waals surface area contributed by atoms with E-state index >= 15 is 0 Å². The molecule has 11 heavy (non-hydrogen) atoms. The van der Waals surface area contributed by atoms with Gasteiger partial charge in [-0.1, -0.05) is 20.3 Å². The van der Waals surface area contributed by atoms with E-state index in [-0.39, 0.29) is 0 Å². The predicted octanol–water partition coefficient (Wildman–Crippen LogP) is 2.76. The molecule has 68 valence electrons. The van der Waals surface area contributed by atoms with E-state index in [0.717, 1.165) is 12.0 Å². The Balaban J connectivity index is 3.37. The van der Waals surface area contributed by atoms with Gasteiger partial charge in [-0.15, -0.1) is 0 Å². The number of rotatable bonds is 5. The molecule has 0 heterocycles. The lowest BCUT2D eigenvalue weighted by molar-refractivity contribution is 0.279. The summed E-state index contributed by atoms with van der Waals surface area (Å²) in [6, 6.07) is 0.740. The molecule has 0 spiro atoms. The minimum atomic E-state index is 0.740. The van der Waals surface area contributed by atoms with Gasteiger partial charge in [-0.25, -0.2) is 0 Å². The van der Waals surface area contributed by atoms with E-state index in [1.165, 1.54) is 19.3 Å². The van der Waals surface area contributed by atoms with Gasteiger partial charge in [0, 0.05) is 6.04 Å². The fourth-order valence-corrected chi connectivity index (χ4v) is 0.988. The quantitative estimate of drug-likeness (QED) is 0.593. The Morgan fingerprint density at radius 1 is 1.09 bits per heavy atom. The highest BCUT2D eigenvalue weighted by Gasteiger charge is 2.06. The second-order valence-electron chi connectivity index (χ2n) is 3.90. The van der Waals surface area contributed by atoms with Crippen molar-refractivity contribution in [1.82, 2.24) is 4.90 Å². The molecule has 0 aliphatic carbocycles. The van der Waals surface area contributed by atoms with Crippen LogP contribution in [0.4, 0.5) is 0 Å². The highest BCUT2D eigenvalue weighted by Crippen LogP contribution is 2.12. The Morgan fingerprint density at radius 3 is 2.00 bits per heavy atom. The molecule has 0 amide bonds. The minimum absolute atomic E-state index is 0.740. The van der Waals surface area contributed by atoms with E-state index in [2.05, 4.69) is 39.8 Å². The monoisotopic (exact) mass is 157 g/mol. The predicted molar refractivity (Wildman–Crippen MR) is 51.8 cm³/mol. The van der Waals surface area contributed by atoms with Crippen molar-refractivity contribution in [1.29, 1.82) is 0 Å². The summed E-state index contributed by atoms with van der Waals surface area (Å²) in [5.41, 5.74) is 0. The summed E-state index contributed by atoms with van der Waals surface area (Å²) in [5, 5.41) is 0. The van der Waals surface area contributed by atoms with Gasteiger partial charge >= 0.3 is 0 Å². The third-order valence-electron chi connectivity index (χ3n) is 2.66. The zero-order valence-electron chi connectivity index (χ0n) is 8.72. The molecule has 1 unspecified atom stereocenters. The van der Waals surface area contributed by atoms with E-state index < -0.39 is 0 Å². The van der Waals surface area contributed by atoms with Crippen molar-refractivity contribution >= 4 is 0 Å². The molecule has 0 aromatic rings. The van der Waals surface area contributed by atoms with Crippen LogP contribution in [-0.2, 0) is 0 Å². The molecule has 1 heteroatoms. The topological polar surface area (TPSA) is 3.24 Å². The van der Waals surface area contributed by atoms with Crippen molar-refractivity contribution in [3.8, 4) is 0 Å². The number of hydrogen-bond acceptors (Lipinski definition) is 1. The molecule has 0 aliphatic heterocycles. The molecule has 0 saturated carbocycles. The molecular weight excluding hydrogens is 134 g/mol. The molecular formula is C10H23N. The van der Waals surface area contributed by atoms with Crippen LogP contribution in [0.25, 0.3) is 0 Å². The molecule has 0 bridgehead atoms. The van der Waals surface area contributed by atoms with Crippen molar-refractivity contribution in [3.63, 3.8) is 0 Å². The van der Waals surface area contributed by atoms with Crippen LogP contribution in [0.5, 0.6) is 0 Å². The van der Waals surface area contributed by atoms with Gasteiger partial charge < -0.3 is 4.90 Å². The van der Waals surface area contributed by atoms with Gasteiger partial charge in [-0.3, -0.25) is 0 Å². The summed E-state index contributed by atoms with van der Waals surface area (Å²) in [6.45, 7) is 6.90. The molecule has 0 rings (SSSR count). The van der Waals surface area contributed by atoms with Crippen molar-refractivity contribution in [2.24, 2.45) is 5.92 Å². The van der Waals surface area contributed by atoms with Crippen LogP contribution in [0, 0.1) is 5.92 Å². The molecule has 0 aromatic heterocycles. The highest BCUT2D eigenvalue weighted by atomic mass is 15.1. The van der Waals surface area contributed by atoms with Crippen molar-refractivity contribution < 1.29 is 0 Å². The first kappa shape index (κ1) is 11.0. The van der Waals surface area contributed by atoms with E-state index in [1.807, 2.05) is 0 Å². The van der Waals surface area contributed by atoms with Crippen molar-refractivity contribution in [3.05, 3.63) is 0 Å². The number of nitrogens with zero attached hydrogens (tertiary/aromatic N) is 1. The Bertz CT molecular complexity index is 88.9. The fraction of sp³-hybridized carbons (Fsp3) is 1.00. The third kappa shape index (κ3) is 5.25. The third-order valence-corrected chi connectivity index (χ3v) is 2.66. The van der Waals surface area contributed by atoms with E-state index in [1.54, 1.807) is 0 Å². The second kappa shape index (κ2) is 5.59. The summed E-state index contributed by atoms with van der Waals surface area (Å²) in [6.07, 6.45) is 4.03. The van der Waals surface area contributed by atoms with Crippen LogP contribution in [0.1, 0.15) is 40.0 Å². The van der Waals surface area contributed by atoms with Gasteiger partial charge in [0.25, 0.3) is 0 Å². The summed E-state index contributed by atoms with van der Waals surface area (Å²) in [7, 11) is 4.31.